The number of carbonyl (C=O) groups excluding carboxylic acids is 2. The van der Waals surface area contributed by atoms with Gasteiger partial charge in [0.1, 0.15) is 18.8 Å². The van der Waals surface area contributed by atoms with Crippen molar-refractivity contribution in [2.75, 3.05) is 31.7 Å². The third kappa shape index (κ3) is 5.07. The van der Waals surface area contributed by atoms with Gasteiger partial charge < -0.3 is 25.2 Å². The number of nitrogens with one attached hydrogen (secondary N) is 2. The first-order chi connectivity index (χ1) is 16.4. The van der Waals surface area contributed by atoms with E-state index >= 15 is 0 Å². The number of hydrogen-bond acceptors (Lipinski definition) is 6. The third-order valence-electron chi connectivity index (χ3n) is 5.41. The number of amides is 2. The Labute approximate surface area is 195 Å². The second kappa shape index (κ2) is 10.2. The van der Waals surface area contributed by atoms with Crippen molar-refractivity contribution in [1.82, 2.24) is 15.1 Å². The summed E-state index contributed by atoms with van der Waals surface area (Å²) in [7, 11) is 1.55. The fourth-order valence-electron chi connectivity index (χ4n) is 3.95. The number of ether oxygens (including phenoxy) is 2. The molecule has 0 saturated carbocycles. The monoisotopic (exact) mass is 464 g/mol. The third-order valence-corrected chi connectivity index (χ3v) is 5.41. The second-order valence-electron chi connectivity index (χ2n) is 7.72. The minimum absolute atomic E-state index is 0.0274. The Kier molecular flexibility index (Phi) is 6.88. The zero-order chi connectivity index (χ0) is 24.1. The van der Waals surface area contributed by atoms with Gasteiger partial charge in [-0.05, 0) is 22.3 Å². The Bertz CT molecular complexity index is 1180. The maximum absolute atomic E-state index is 12.1. The summed E-state index contributed by atoms with van der Waals surface area (Å²) in [6.07, 6.45) is 0.714. The van der Waals surface area contributed by atoms with E-state index in [1.54, 1.807) is 7.05 Å². The molecule has 1 heterocycles. The number of rotatable bonds is 9. The van der Waals surface area contributed by atoms with Gasteiger partial charge in [0.2, 0.25) is 0 Å². The first-order valence-electron chi connectivity index (χ1n) is 10.7. The molecule has 2 aromatic carbocycles. The Hall–Kier alpha value is -4.18. The highest BCUT2D eigenvalue weighted by Crippen LogP contribution is 2.44. The second-order valence-corrected chi connectivity index (χ2v) is 7.72. The fourth-order valence-corrected chi connectivity index (χ4v) is 3.95. The molecule has 3 N–H and O–H groups in total. The lowest BCUT2D eigenvalue weighted by Gasteiger charge is -2.14. The molecule has 0 fully saturated rings. The van der Waals surface area contributed by atoms with Crippen molar-refractivity contribution in [2.24, 2.45) is 7.05 Å². The average Bonchev–Trinajstić information content (AvgIpc) is 3.35. The van der Waals surface area contributed by atoms with Crippen molar-refractivity contribution in [2.45, 2.75) is 5.92 Å². The summed E-state index contributed by atoms with van der Waals surface area (Å²) < 4.78 is 12.0. The summed E-state index contributed by atoms with van der Waals surface area (Å²) in [5, 5.41) is 18.0. The molecule has 176 valence electrons. The van der Waals surface area contributed by atoms with E-state index in [1.165, 1.54) is 10.9 Å². The van der Waals surface area contributed by atoms with Crippen molar-refractivity contribution >= 4 is 23.8 Å². The Morgan fingerprint density at radius 3 is 2.35 bits per heavy atom. The van der Waals surface area contributed by atoms with Crippen LogP contribution in [0.4, 0.5) is 10.6 Å². The molecule has 0 bridgehead atoms. The normalized spacial score (nSPS) is 12.0. The van der Waals surface area contributed by atoms with Gasteiger partial charge in [0, 0.05) is 25.7 Å². The van der Waals surface area contributed by atoms with Gasteiger partial charge in [0.05, 0.1) is 6.61 Å². The van der Waals surface area contributed by atoms with Crippen LogP contribution in [-0.2, 0) is 21.3 Å². The van der Waals surface area contributed by atoms with Crippen LogP contribution < -0.4 is 10.6 Å². The summed E-state index contributed by atoms with van der Waals surface area (Å²) in [5.74, 6) is -1.83. The Balaban J connectivity index is 1.18. The van der Waals surface area contributed by atoms with Gasteiger partial charge in [0.25, 0.3) is 5.91 Å². The van der Waals surface area contributed by atoms with Crippen LogP contribution in [0.1, 0.15) is 27.4 Å². The van der Waals surface area contributed by atoms with Crippen LogP contribution in [0.5, 0.6) is 0 Å². The maximum atomic E-state index is 12.1. The van der Waals surface area contributed by atoms with E-state index < -0.39 is 18.0 Å². The number of aromatic carboxylic acids is 1. The molecule has 0 aliphatic heterocycles. The average molecular weight is 464 g/mol. The highest BCUT2D eigenvalue weighted by atomic mass is 16.5. The molecule has 0 radical (unpaired) electrons. The van der Waals surface area contributed by atoms with E-state index in [2.05, 4.69) is 27.9 Å². The smallest absolute Gasteiger partial charge is 0.407 e. The molecule has 1 aliphatic carbocycles. The standard InChI is InChI=1S/C24H24N4O6/c1-28-12-19(23(30)31)22(27-28)26-21(29)14-33-11-10-25-24(32)34-13-20-17-8-4-2-6-15(17)16-7-3-5-9-18(16)20/h2-9,12,20H,10-11,13-14H2,1H3,(H,25,32)(H,30,31)(H,26,27,29). The topological polar surface area (TPSA) is 132 Å². The molecule has 0 spiro atoms. The van der Waals surface area contributed by atoms with Crippen molar-refractivity contribution in [3.63, 3.8) is 0 Å². The van der Waals surface area contributed by atoms with Crippen molar-refractivity contribution in [3.05, 3.63) is 71.4 Å². The van der Waals surface area contributed by atoms with E-state index in [0.29, 0.717) is 0 Å². The fraction of sp³-hybridized carbons (Fsp3) is 0.250. The molecule has 2 amide bonds. The highest BCUT2D eigenvalue weighted by molar-refractivity contribution is 5.99. The molecule has 4 rings (SSSR count). The van der Waals surface area contributed by atoms with Gasteiger partial charge in [-0.2, -0.15) is 5.10 Å². The maximum Gasteiger partial charge on any atom is 0.407 e. The molecule has 10 nitrogen and oxygen atoms in total. The van der Waals surface area contributed by atoms with Crippen molar-refractivity contribution in [1.29, 1.82) is 0 Å². The number of aromatic nitrogens is 2. The lowest BCUT2D eigenvalue weighted by atomic mass is 9.98. The zero-order valence-electron chi connectivity index (χ0n) is 18.5. The lowest BCUT2D eigenvalue weighted by molar-refractivity contribution is -0.120. The summed E-state index contributed by atoms with van der Waals surface area (Å²) in [6, 6.07) is 16.2. The molecular formula is C24H24N4O6. The van der Waals surface area contributed by atoms with Gasteiger partial charge in [-0.3, -0.25) is 9.48 Å². The molecule has 3 aromatic rings. The van der Waals surface area contributed by atoms with E-state index in [4.69, 9.17) is 14.6 Å². The van der Waals surface area contributed by atoms with E-state index in [0.717, 1.165) is 22.3 Å². The SMILES string of the molecule is Cn1cc(C(=O)O)c(NC(=O)COCCNC(=O)OCC2c3ccccc3-c3ccccc32)n1. The van der Waals surface area contributed by atoms with Crippen LogP contribution >= 0.6 is 0 Å². The van der Waals surface area contributed by atoms with Crippen LogP contribution in [0.2, 0.25) is 0 Å². The van der Waals surface area contributed by atoms with Crippen LogP contribution in [0, 0.1) is 0 Å². The quantitative estimate of drug-likeness (QED) is 0.415. The first-order valence-corrected chi connectivity index (χ1v) is 10.7. The zero-order valence-corrected chi connectivity index (χ0v) is 18.5. The number of carboxylic acids is 1. The van der Waals surface area contributed by atoms with E-state index in [-0.39, 0.29) is 43.7 Å². The number of alkyl carbamates (subject to hydrolysis) is 1. The molecule has 1 aromatic heterocycles. The summed E-state index contributed by atoms with van der Waals surface area (Å²) in [5.41, 5.74) is 4.45. The number of aryl methyl sites for hydroxylation is 1. The lowest BCUT2D eigenvalue weighted by Crippen LogP contribution is -2.30. The van der Waals surface area contributed by atoms with E-state index in [9.17, 15) is 14.4 Å². The van der Waals surface area contributed by atoms with Crippen molar-refractivity contribution < 1.29 is 29.0 Å². The predicted molar refractivity (Wildman–Crippen MR) is 123 cm³/mol. The highest BCUT2D eigenvalue weighted by Gasteiger charge is 2.28. The van der Waals surface area contributed by atoms with Crippen LogP contribution in [-0.4, -0.2) is 59.2 Å². The predicted octanol–water partition coefficient (Wildman–Crippen LogP) is 2.61. The van der Waals surface area contributed by atoms with Crippen molar-refractivity contribution in [3.8, 4) is 11.1 Å². The molecular weight excluding hydrogens is 440 g/mol. The Morgan fingerprint density at radius 2 is 1.71 bits per heavy atom. The van der Waals surface area contributed by atoms with Crippen LogP contribution in [0.15, 0.2) is 54.7 Å². The number of benzene rings is 2. The molecule has 0 saturated heterocycles. The summed E-state index contributed by atoms with van der Waals surface area (Å²) in [4.78, 5) is 35.2. The number of carbonyl (C=O) groups is 3. The number of hydrogen-bond donors (Lipinski definition) is 3. The van der Waals surface area contributed by atoms with Gasteiger partial charge in [-0.25, -0.2) is 9.59 Å². The molecule has 0 atom stereocenters. The molecule has 1 aliphatic rings. The van der Waals surface area contributed by atoms with Gasteiger partial charge >= 0.3 is 12.1 Å². The summed E-state index contributed by atoms with van der Waals surface area (Å²) >= 11 is 0. The minimum Gasteiger partial charge on any atom is -0.477 e. The molecule has 34 heavy (non-hydrogen) atoms. The minimum atomic E-state index is -1.20. The molecule has 0 unspecified atom stereocenters. The van der Waals surface area contributed by atoms with Crippen LogP contribution in [0.25, 0.3) is 11.1 Å². The first kappa shape index (κ1) is 23.0. The largest absolute Gasteiger partial charge is 0.477 e. The van der Waals surface area contributed by atoms with Gasteiger partial charge in [-0.15, -0.1) is 0 Å². The summed E-state index contributed by atoms with van der Waals surface area (Å²) in [6.45, 7) is 0.112. The number of fused-ring (bicyclic) bond motifs is 3. The van der Waals surface area contributed by atoms with Gasteiger partial charge in [0.15, 0.2) is 5.82 Å². The number of carboxylic acid groups (broad SMARTS) is 1. The molecule has 10 heteroatoms. The van der Waals surface area contributed by atoms with Gasteiger partial charge in [-0.1, -0.05) is 48.5 Å². The van der Waals surface area contributed by atoms with Crippen LogP contribution in [0.3, 0.4) is 0 Å². The number of anilines is 1. The Morgan fingerprint density at radius 1 is 1.06 bits per heavy atom. The van der Waals surface area contributed by atoms with E-state index in [1.807, 2.05) is 36.4 Å². The number of nitrogens with zero attached hydrogens (tertiary/aromatic N) is 2.